The van der Waals surface area contributed by atoms with Gasteiger partial charge in [0.05, 0.1) is 5.69 Å². The monoisotopic (exact) mass is 454 g/mol. The summed E-state index contributed by atoms with van der Waals surface area (Å²) in [6.45, 7) is 4.34. The van der Waals surface area contributed by atoms with Crippen LogP contribution in [0.15, 0.2) is 78.2 Å². The number of fused-ring (bicyclic) bond motifs is 3. The molecule has 5 aromatic rings. The van der Waals surface area contributed by atoms with Gasteiger partial charge in [-0.05, 0) is 41.3 Å². The van der Waals surface area contributed by atoms with Gasteiger partial charge in [-0.2, -0.15) is 0 Å². The van der Waals surface area contributed by atoms with Crippen molar-refractivity contribution in [2.75, 3.05) is 5.32 Å². The number of hydrogen-bond donors (Lipinski definition) is 1. The first-order valence-corrected chi connectivity index (χ1v) is 12.2. The molecule has 2 heterocycles. The first kappa shape index (κ1) is 20.6. The number of thiophene rings is 1. The largest absolute Gasteiger partial charge is 0.298 e. The average molecular weight is 455 g/mol. The van der Waals surface area contributed by atoms with Crippen LogP contribution >= 0.6 is 22.7 Å². The highest BCUT2D eigenvalue weighted by Crippen LogP contribution is 2.36. The highest BCUT2D eigenvalue weighted by Gasteiger charge is 2.10. The molecule has 0 spiro atoms. The molecule has 0 aliphatic carbocycles. The maximum absolute atomic E-state index is 12.4. The number of aromatic nitrogens is 1. The summed E-state index contributed by atoms with van der Waals surface area (Å²) in [4.78, 5) is 17.0. The topological polar surface area (TPSA) is 42.0 Å². The van der Waals surface area contributed by atoms with Gasteiger partial charge >= 0.3 is 0 Å². The van der Waals surface area contributed by atoms with Gasteiger partial charge in [-0.3, -0.25) is 10.1 Å². The van der Waals surface area contributed by atoms with Gasteiger partial charge in [0.25, 0.3) is 0 Å². The van der Waals surface area contributed by atoms with Gasteiger partial charge in [-0.15, -0.1) is 22.7 Å². The van der Waals surface area contributed by atoms with Crippen LogP contribution in [0, 0.1) is 0 Å². The predicted molar refractivity (Wildman–Crippen MR) is 139 cm³/mol. The fourth-order valence-electron chi connectivity index (χ4n) is 3.66. The Labute approximate surface area is 195 Å². The van der Waals surface area contributed by atoms with E-state index in [0.29, 0.717) is 11.0 Å². The van der Waals surface area contributed by atoms with Crippen molar-refractivity contribution < 1.29 is 4.79 Å². The minimum atomic E-state index is -0.182. The van der Waals surface area contributed by atoms with E-state index in [0.717, 1.165) is 16.8 Å². The third kappa shape index (κ3) is 4.22. The Morgan fingerprint density at radius 2 is 1.75 bits per heavy atom. The van der Waals surface area contributed by atoms with Gasteiger partial charge in [0.2, 0.25) is 5.91 Å². The van der Waals surface area contributed by atoms with Gasteiger partial charge in [0.1, 0.15) is 0 Å². The molecule has 0 aliphatic heterocycles. The number of rotatable bonds is 5. The Kier molecular flexibility index (Phi) is 5.60. The second-order valence-electron chi connectivity index (χ2n) is 7.99. The number of hydrogen-bond acceptors (Lipinski definition) is 4. The fraction of sp³-hybridized carbons (Fsp3) is 0.111. The van der Waals surface area contributed by atoms with Crippen molar-refractivity contribution in [3.05, 3.63) is 89.3 Å². The van der Waals surface area contributed by atoms with Crippen LogP contribution in [0.5, 0.6) is 0 Å². The van der Waals surface area contributed by atoms with Gasteiger partial charge < -0.3 is 0 Å². The summed E-state index contributed by atoms with van der Waals surface area (Å²) in [6, 6.07) is 23.2. The SMILES string of the molecule is CC(C)c1ccc(/C=C/C(=O)Nc2nc(-c3ccc4sc5ccccc5c4c3)cs2)cc1. The summed E-state index contributed by atoms with van der Waals surface area (Å²) in [6.07, 6.45) is 3.37. The Bertz CT molecular complexity index is 1440. The summed E-state index contributed by atoms with van der Waals surface area (Å²) in [5.74, 6) is 0.313. The highest BCUT2D eigenvalue weighted by molar-refractivity contribution is 7.25. The van der Waals surface area contributed by atoms with Crippen LogP contribution < -0.4 is 5.32 Å². The standard InChI is InChI=1S/C27H22N2OS2/c1-17(2)19-10-7-18(8-11-19)9-14-26(30)29-27-28-23(16-31-27)20-12-13-25-22(15-20)21-5-3-4-6-24(21)32-25/h3-17H,1-2H3,(H,28,29,30)/b14-9+. The van der Waals surface area contributed by atoms with Gasteiger partial charge in [0.15, 0.2) is 5.13 Å². The number of nitrogens with one attached hydrogen (secondary N) is 1. The van der Waals surface area contributed by atoms with Crippen LogP contribution in [0.2, 0.25) is 0 Å². The van der Waals surface area contributed by atoms with Gasteiger partial charge in [-0.1, -0.05) is 62.4 Å². The molecule has 0 radical (unpaired) electrons. The van der Waals surface area contributed by atoms with E-state index in [9.17, 15) is 4.79 Å². The first-order chi connectivity index (χ1) is 15.6. The molecule has 158 valence electrons. The zero-order chi connectivity index (χ0) is 22.1. The number of nitrogens with zero attached hydrogens (tertiary/aromatic N) is 1. The third-order valence-electron chi connectivity index (χ3n) is 5.44. The van der Waals surface area contributed by atoms with E-state index in [4.69, 9.17) is 0 Å². The van der Waals surface area contributed by atoms with Crippen molar-refractivity contribution in [3.8, 4) is 11.3 Å². The number of amides is 1. The summed E-state index contributed by atoms with van der Waals surface area (Å²) >= 11 is 3.24. The molecule has 3 aromatic carbocycles. The van der Waals surface area contributed by atoms with Crippen molar-refractivity contribution in [2.24, 2.45) is 0 Å². The molecule has 5 heteroatoms. The third-order valence-corrected chi connectivity index (χ3v) is 7.35. The fourth-order valence-corrected chi connectivity index (χ4v) is 5.47. The Hall–Kier alpha value is -3.28. The van der Waals surface area contributed by atoms with E-state index in [1.807, 2.05) is 23.6 Å². The minimum absolute atomic E-state index is 0.182. The van der Waals surface area contributed by atoms with E-state index in [-0.39, 0.29) is 5.91 Å². The lowest BCUT2D eigenvalue weighted by Crippen LogP contribution is -2.07. The molecular weight excluding hydrogens is 432 g/mol. The van der Waals surface area contributed by atoms with Gasteiger partial charge in [-0.25, -0.2) is 4.98 Å². The molecule has 0 saturated carbocycles. The summed E-state index contributed by atoms with van der Waals surface area (Å²) < 4.78 is 2.56. The molecule has 1 amide bonds. The molecule has 1 N–H and O–H groups in total. The van der Waals surface area contributed by atoms with Crippen molar-refractivity contribution >= 4 is 60.0 Å². The van der Waals surface area contributed by atoms with E-state index in [1.54, 1.807) is 17.4 Å². The number of benzene rings is 3. The second-order valence-corrected chi connectivity index (χ2v) is 9.93. The maximum Gasteiger partial charge on any atom is 0.250 e. The molecular formula is C27H22N2OS2. The molecule has 0 unspecified atom stereocenters. The quantitative estimate of drug-likeness (QED) is 0.274. The lowest BCUT2D eigenvalue weighted by molar-refractivity contribution is -0.111. The van der Waals surface area contributed by atoms with Gasteiger partial charge in [0, 0.05) is 37.2 Å². The highest BCUT2D eigenvalue weighted by atomic mass is 32.1. The Balaban J connectivity index is 1.31. The van der Waals surface area contributed by atoms with E-state index in [2.05, 4.69) is 78.7 Å². The smallest absolute Gasteiger partial charge is 0.250 e. The van der Waals surface area contributed by atoms with E-state index >= 15 is 0 Å². The Morgan fingerprint density at radius 3 is 2.56 bits per heavy atom. The molecule has 5 rings (SSSR count). The zero-order valence-electron chi connectivity index (χ0n) is 17.8. The van der Waals surface area contributed by atoms with E-state index in [1.165, 1.54) is 37.1 Å². The molecule has 0 atom stereocenters. The molecule has 2 aromatic heterocycles. The minimum Gasteiger partial charge on any atom is -0.298 e. The van der Waals surface area contributed by atoms with Crippen LogP contribution in [0.1, 0.15) is 30.9 Å². The van der Waals surface area contributed by atoms with Crippen molar-refractivity contribution in [3.63, 3.8) is 0 Å². The summed E-state index contributed by atoms with van der Waals surface area (Å²) in [5, 5.41) is 7.97. The molecule has 0 bridgehead atoms. The number of carbonyl (C=O) groups excluding carboxylic acids is 1. The molecule has 0 aliphatic rings. The first-order valence-electron chi connectivity index (χ1n) is 10.5. The zero-order valence-corrected chi connectivity index (χ0v) is 19.5. The van der Waals surface area contributed by atoms with E-state index < -0.39 is 0 Å². The lowest BCUT2D eigenvalue weighted by atomic mass is 10.0. The van der Waals surface area contributed by atoms with Crippen LogP contribution in [0.25, 0.3) is 37.5 Å². The lowest BCUT2D eigenvalue weighted by Gasteiger charge is -2.04. The van der Waals surface area contributed by atoms with Crippen LogP contribution in [0.4, 0.5) is 5.13 Å². The molecule has 3 nitrogen and oxygen atoms in total. The number of thiazole rings is 1. The number of anilines is 1. The number of carbonyl (C=O) groups is 1. The molecule has 32 heavy (non-hydrogen) atoms. The van der Waals surface area contributed by atoms with Crippen molar-refractivity contribution in [1.82, 2.24) is 4.98 Å². The van der Waals surface area contributed by atoms with Crippen LogP contribution in [-0.4, -0.2) is 10.9 Å². The Morgan fingerprint density at radius 1 is 0.969 bits per heavy atom. The van der Waals surface area contributed by atoms with Crippen LogP contribution in [0.3, 0.4) is 0 Å². The average Bonchev–Trinajstić information content (AvgIpc) is 3.42. The van der Waals surface area contributed by atoms with Crippen molar-refractivity contribution in [2.45, 2.75) is 19.8 Å². The maximum atomic E-state index is 12.4. The van der Waals surface area contributed by atoms with Crippen LogP contribution in [-0.2, 0) is 4.79 Å². The summed E-state index contributed by atoms with van der Waals surface area (Å²) in [5.41, 5.74) is 4.21. The molecule has 0 saturated heterocycles. The summed E-state index contributed by atoms with van der Waals surface area (Å²) in [7, 11) is 0. The molecule has 0 fully saturated rings. The van der Waals surface area contributed by atoms with Crippen molar-refractivity contribution in [1.29, 1.82) is 0 Å². The predicted octanol–water partition coefficient (Wildman–Crippen LogP) is 7.95. The second kappa shape index (κ2) is 8.69. The normalized spacial score (nSPS) is 11.7.